The highest BCUT2D eigenvalue weighted by molar-refractivity contribution is 5.99. The number of nitrogens with zero attached hydrogens (tertiary/aromatic N) is 3. The van der Waals surface area contributed by atoms with Crippen LogP contribution in [0.5, 0.6) is 0 Å². The van der Waals surface area contributed by atoms with E-state index in [1.165, 1.54) is 26.4 Å². The summed E-state index contributed by atoms with van der Waals surface area (Å²) >= 11 is 0. The number of hydrogen-bond donors (Lipinski definition) is 0. The quantitative estimate of drug-likeness (QED) is 0.408. The minimum Gasteiger partial charge on any atom is -0.326 e. The van der Waals surface area contributed by atoms with Crippen molar-refractivity contribution >= 4 is 17.4 Å². The molecular weight excluding hydrogens is 383 g/mol. The summed E-state index contributed by atoms with van der Waals surface area (Å²) in [6, 6.07) is 8.28. The molecule has 158 valence electrons. The molecule has 0 aliphatic heterocycles. The number of unbranched alkanes of at least 4 members (excludes halogenated alkanes) is 3. The van der Waals surface area contributed by atoms with E-state index in [4.69, 9.17) is 4.84 Å². The normalized spacial score (nSPS) is 11.4. The van der Waals surface area contributed by atoms with Gasteiger partial charge in [-0.2, -0.15) is 13.2 Å². The number of hydroxylamine groups is 2. The summed E-state index contributed by atoms with van der Waals surface area (Å²) in [6.45, 7) is 2.52. The molecule has 0 saturated carbocycles. The molecule has 0 bridgehead atoms. The Morgan fingerprint density at radius 2 is 1.90 bits per heavy atom. The van der Waals surface area contributed by atoms with Crippen molar-refractivity contribution in [1.29, 1.82) is 0 Å². The summed E-state index contributed by atoms with van der Waals surface area (Å²) in [7, 11) is 2.83. The second-order valence-corrected chi connectivity index (χ2v) is 6.62. The zero-order chi connectivity index (χ0) is 21.4. The Bertz CT molecular complexity index is 812. The van der Waals surface area contributed by atoms with Gasteiger partial charge in [0.15, 0.2) is 0 Å². The van der Waals surface area contributed by atoms with Crippen molar-refractivity contribution in [2.45, 2.75) is 38.8 Å². The van der Waals surface area contributed by atoms with Crippen LogP contribution in [0.3, 0.4) is 0 Å². The molecule has 1 aromatic heterocycles. The molecule has 0 atom stereocenters. The minimum atomic E-state index is -4.46. The lowest BCUT2D eigenvalue weighted by atomic mass is 10.1. The van der Waals surface area contributed by atoms with Gasteiger partial charge < -0.3 is 4.90 Å². The SMILES string of the molecule is CCCCCCN(c1cccc(C(F)(F)F)c1)c1ncccc1C(=O)N(C)OC. The van der Waals surface area contributed by atoms with Crippen LogP contribution in [0.1, 0.15) is 48.5 Å². The molecule has 2 rings (SSSR count). The van der Waals surface area contributed by atoms with E-state index >= 15 is 0 Å². The molecule has 1 amide bonds. The van der Waals surface area contributed by atoms with Gasteiger partial charge in [-0.05, 0) is 36.8 Å². The van der Waals surface area contributed by atoms with E-state index in [0.717, 1.165) is 42.9 Å². The van der Waals surface area contributed by atoms with E-state index in [2.05, 4.69) is 11.9 Å². The summed E-state index contributed by atoms with van der Waals surface area (Å²) in [6.07, 6.45) is 0.815. The number of benzene rings is 1. The number of pyridine rings is 1. The second kappa shape index (κ2) is 10.2. The molecule has 5 nitrogen and oxygen atoms in total. The van der Waals surface area contributed by atoms with Gasteiger partial charge in [0, 0.05) is 25.5 Å². The first-order chi connectivity index (χ1) is 13.8. The largest absolute Gasteiger partial charge is 0.416 e. The first-order valence-corrected chi connectivity index (χ1v) is 9.51. The molecule has 29 heavy (non-hydrogen) atoms. The summed E-state index contributed by atoms with van der Waals surface area (Å²) in [5.74, 6) is -0.127. The van der Waals surface area contributed by atoms with Gasteiger partial charge in [-0.15, -0.1) is 0 Å². The maximum atomic E-state index is 13.2. The number of anilines is 2. The number of amides is 1. The van der Waals surface area contributed by atoms with Crippen LogP contribution < -0.4 is 4.90 Å². The fraction of sp³-hybridized carbons (Fsp3) is 0.429. The summed E-state index contributed by atoms with van der Waals surface area (Å²) in [4.78, 5) is 23.7. The molecule has 0 saturated heterocycles. The Morgan fingerprint density at radius 1 is 1.14 bits per heavy atom. The Balaban J connectivity index is 2.49. The maximum absolute atomic E-state index is 13.2. The molecule has 0 fully saturated rings. The van der Waals surface area contributed by atoms with Gasteiger partial charge in [0.2, 0.25) is 0 Å². The Labute approximate surface area is 169 Å². The highest BCUT2D eigenvalue weighted by Crippen LogP contribution is 2.34. The maximum Gasteiger partial charge on any atom is 0.416 e. The van der Waals surface area contributed by atoms with E-state index in [0.29, 0.717) is 18.1 Å². The summed E-state index contributed by atoms with van der Waals surface area (Å²) < 4.78 is 39.7. The number of alkyl halides is 3. The molecule has 0 N–H and O–H groups in total. The van der Waals surface area contributed by atoms with Crippen molar-refractivity contribution in [2.75, 3.05) is 25.6 Å². The lowest BCUT2D eigenvalue weighted by molar-refractivity contribution is -0.137. The van der Waals surface area contributed by atoms with Crippen molar-refractivity contribution in [2.24, 2.45) is 0 Å². The van der Waals surface area contributed by atoms with Gasteiger partial charge in [0.25, 0.3) is 5.91 Å². The minimum absolute atomic E-state index is 0.254. The first-order valence-electron chi connectivity index (χ1n) is 9.51. The monoisotopic (exact) mass is 409 g/mol. The molecule has 0 radical (unpaired) electrons. The predicted molar refractivity (Wildman–Crippen MR) is 106 cm³/mol. The fourth-order valence-corrected chi connectivity index (χ4v) is 2.94. The highest BCUT2D eigenvalue weighted by atomic mass is 19.4. The van der Waals surface area contributed by atoms with E-state index in [9.17, 15) is 18.0 Å². The number of halogens is 3. The van der Waals surface area contributed by atoms with Crippen LogP contribution in [0.15, 0.2) is 42.6 Å². The molecule has 1 aromatic carbocycles. The van der Waals surface area contributed by atoms with Crippen molar-refractivity contribution < 1.29 is 22.8 Å². The first kappa shape index (κ1) is 22.7. The Hall–Kier alpha value is -2.61. The van der Waals surface area contributed by atoms with E-state index in [-0.39, 0.29) is 5.56 Å². The van der Waals surface area contributed by atoms with Crippen molar-refractivity contribution in [3.8, 4) is 0 Å². The smallest absolute Gasteiger partial charge is 0.326 e. The van der Waals surface area contributed by atoms with Crippen molar-refractivity contribution in [3.05, 3.63) is 53.7 Å². The molecule has 2 aromatic rings. The van der Waals surface area contributed by atoms with Gasteiger partial charge in [0.05, 0.1) is 18.2 Å². The number of carbonyl (C=O) groups excluding carboxylic acids is 1. The Morgan fingerprint density at radius 3 is 2.55 bits per heavy atom. The number of carbonyl (C=O) groups is 1. The Kier molecular flexibility index (Phi) is 8.01. The van der Waals surface area contributed by atoms with Gasteiger partial charge in [-0.1, -0.05) is 32.3 Å². The average molecular weight is 409 g/mol. The lowest BCUT2D eigenvalue weighted by Crippen LogP contribution is -2.29. The topological polar surface area (TPSA) is 45.7 Å². The van der Waals surface area contributed by atoms with Crippen LogP contribution >= 0.6 is 0 Å². The van der Waals surface area contributed by atoms with Gasteiger partial charge in [-0.25, -0.2) is 10.0 Å². The third-order valence-corrected chi connectivity index (χ3v) is 4.55. The zero-order valence-electron chi connectivity index (χ0n) is 16.9. The molecular formula is C21H26F3N3O2. The summed E-state index contributed by atoms with van der Waals surface area (Å²) in [5, 5.41) is 1.06. The molecule has 0 spiro atoms. The third-order valence-electron chi connectivity index (χ3n) is 4.55. The predicted octanol–water partition coefficient (Wildman–Crippen LogP) is 5.45. The van der Waals surface area contributed by atoms with E-state index in [1.807, 2.05) is 0 Å². The van der Waals surface area contributed by atoms with E-state index in [1.54, 1.807) is 23.1 Å². The third kappa shape index (κ3) is 5.93. The van der Waals surface area contributed by atoms with Crippen molar-refractivity contribution in [3.63, 3.8) is 0 Å². The highest BCUT2D eigenvalue weighted by Gasteiger charge is 2.31. The second-order valence-electron chi connectivity index (χ2n) is 6.62. The van der Waals surface area contributed by atoms with Crippen LogP contribution in [0.2, 0.25) is 0 Å². The zero-order valence-corrected chi connectivity index (χ0v) is 16.9. The van der Waals surface area contributed by atoms with Crippen LogP contribution in [0.4, 0.5) is 24.7 Å². The van der Waals surface area contributed by atoms with Crippen LogP contribution in [0, 0.1) is 0 Å². The van der Waals surface area contributed by atoms with Crippen LogP contribution in [-0.2, 0) is 11.0 Å². The van der Waals surface area contributed by atoms with Crippen LogP contribution in [0.25, 0.3) is 0 Å². The van der Waals surface area contributed by atoms with Gasteiger partial charge in [-0.3, -0.25) is 9.63 Å². The number of hydrogen-bond acceptors (Lipinski definition) is 4. The molecule has 1 heterocycles. The van der Waals surface area contributed by atoms with Crippen LogP contribution in [-0.4, -0.2) is 36.7 Å². The molecule has 8 heteroatoms. The van der Waals surface area contributed by atoms with E-state index < -0.39 is 17.6 Å². The van der Waals surface area contributed by atoms with Gasteiger partial charge in [0.1, 0.15) is 5.82 Å². The van der Waals surface area contributed by atoms with Crippen molar-refractivity contribution in [1.82, 2.24) is 10.0 Å². The number of aromatic nitrogens is 1. The lowest BCUT2D eigenvalue weighted by Gasteiger charge is -2.27. The fourth-order valence-electron chi connectivity index (χ4n) is 2.94. The molecule has 0 aliphatic carbocycles. The molecule has 0 aliphatic rings. The molecule has 0 unspecified atom stereocenters. The summed E-state index contributed by atoms with van der Waals surface area (Å²) in [5.41, 5.74) is -0.153. The standard InChI is InChI=1S/C21H26F3N3O2/c1-4-5-6-7-14-27(17-11-8-10-16(15-17)21(22,23)24)19-18(12-9-13-25-19)20(28)26(2)29-3/h8-13,15H,4-7,14H2,1-3H3. The average Bonchev–Trinajstić information content (AvgIpc) is 2.72. The number of rotatable bonds is 9. The van der Waals surface area contributed by atoms with Gasteiger partial charge >= 0.3 is 6.18 Å².